The van der Waals surface area contributed by atoms with E-state index in [2.05, 4.69) is 17.9 Å². The fourth-order valence-electron chi connectivity index (χ4n) is 3.93. The van der Waals surface area contributed by atoms with E-state index >= 15 is 0 Å². The highest BCUT2D eigenvalue weighted by atomic mass is 16.5. The minimum atomic E-state index is -0.522. The summed E-state index contributed by atoms with van der Waals surface area (Å²) >= 11 is 0. The third-order valence-corrected chi connectivity index (χ3v) is 5.66. The smallest absolute Gasteiger partial charge is 0.227 e. The quantitative estimate of drug-likeness (QED) is 0.820. The zero-order valence-corrected chi connectivity index (χ0v) is 16.2. The molecule has 0 aromatic heterocycles. The van der Waals surface area contributed by atoms with Crippen molar-refractivity contribution in [1.29, 1.82) is 5.26 Å². The van der Waals surface area contributed by atoms with Crippen LogP contribution in [0.4, 0.5) is 0 Å². The Morgan fingerprint density at radius 1 is 1.17 bits per heavy atom. The van der Waals surface area contributed by atoms with Crippen LogP contribution in [0.1, 0.15) is 35.4 Å². The molecule has 2 fully saturated rings. The Morgan fingerprint density at radius 3 is 2.52 bits per heavy atom. The van der Waals surface area contributed by atoms with Crippen LogP contribution in [0.2, 0.25) is 0 Å². The van der Waals surface area contributed by atoms with Crippen LogP contribution in [-0.4, -0.2) is 41.7 Å². The van der Waals surface area contributed by atoms with Crippen LogP contribution in [0, 0.1) is 29.1 Å². The molecule has 1 heterocycles. The number of nitrogens with zero attached hydrogens (tertiary/aromatic N) is 2. The number of rotatable bonds is 4. The van der Waals surface area contributed by atoms with Crippen molar-refractivity contribution in [1.82, 2.24) is 4.90 Å². The van der Waals surface area contributed by atoms with Crippen molar-refractivity contribution in [2.45, 2.75) is 30.8 Å². The molecule has 146 valence electrons. The summed E-state index contributed by atoms with van der Waals surface area (Å²) in [4.78, 5) is 14.0. The van der Waals surface area contributed by atoms with Gasteiger partial charge in [0.2, 0.25) is 5.91 Å². The van der Waals surface area contributed by atoms with Gasteiger partial charge in [-0.3, -0.25) is 4.79 Å². The lowest BCUT2D eigenvalue weighted by Crippen LogP contribution is -2.65. The highest BCUT2D eigenvalue weighted by molar-refractivity contribution is 5.83. The summed E-state index contributed by atoms with van der Waals surface area (Å²) in [5, 5.41) is 19.4. The van der Waals surface area contributed by atoms with Gasteiger partial charge in [0, 0.05) is 17.4 Å². The van der Waals surface area contributed by atoms with E-state index in [4.69, 9.17) is 4.74 Å². The first-order valence-corrected chi connectivity index (χ1v) is 9.75. The van der Waals surface area contributed by atoms with Gasteiger partial charge in [0.05, 0.1) is 31.4 Å². The molecule has 5 nitrogen and oxygen atoms in total. The monoisotopic (exact) mass is 386 g/mol. The average molecular weight is 386 g/mol. The number of ether oxygens (including phenoxy) is 1. The number of aliphatic hydroxyl groups excluding tert-OH is 1. The van der Waals surface area contributed by atoms with Gasteiger partial charge in [0.1, 0.15) is 11.8 Å². The molecule has 0 radical (unpaired) electrons. The van der Waals surface area contributed by atoms with Crippen LogP contribution >= 0.6 is 0 Å². The summed E-state index contributed by atoms with van der Waals surface area (Å²) in [7, 11) is 1.62. The van der Waals surface area contributed by atoms with Crippen molar-refractivity contribution in [3.8, 4) is 23.7 Å². The SMILES string of the molecule is COc1ccccc1C#Cc1ccc([C@@H]2[C@H](C#N)N(C(=O)C3CC3)[C@H]2CO)cc1. The van der Waals surface area contributed by atoms with Gasteiger partial charge in [-0.25, -0.2) is 0 Å². The van der Waals surface area contributed by atoms with Gasteiger partial charge in [-0.15, -0.1) is 0 Å². The van der Waals surface area contributed by atoms with Crippen LogP contribution in [0.3, 0.4) is 0 Å². The Kier molecular flexibility index (Phi) is 5.25. The molecule has 5 heteroatoms. The summed E-state index contributed by atoms with van der Waals surface area (Å²) < 4.78 is 5.32. The molecule has 3 atom stereocenters. The van der Waals surface area contributed by atoms with Gasteiger partial charge in [-0.2, -0.15) is 5.26 Å². The maximum absolute atomic E-state index is 12.5. The van der Waals surface area contributed by atoms with E-state index in [1.54, 1.807) is 12.0 Å². The van der Waals surface area contributed by atoms with E-state index in [1.165, 1.54) is 0 Å². The molecule has 1 aliphatic heterocycles. The van der Waals surface area contributed by atoms with Gasteiger partial charge in [0.15, 0.2) is 0 Å². The number of likely N-dealkylation sites (tertiary alicyclic amines) is 1. The van der Waals surface area contributed by atoms with Crippen molar-refractivity contribution in [3.05, 3.63) is 65.2 Å². The van der Waals surface area contributed by atoms with E-state index < -0.39 is 6.04 Å². The first-order valence-electron chi connectivity index (χ1n) is 9.75. The zero-order chi connectivity index (χ0) is 20.4. The lowest BCUT2D eigenvalue weighted by Gasteiger charge is -2.51. The van der Waals surface area contributed by atoms with E-state index in [-0.39, 0.29) is 30.4 Å². The van der Waals surface area contributed by atoms with Crippen molar-refractivity contribution in [3.63, 3.8) is 0 Å². The number of aliphatic hydroxyl groups is 1. The zero-order valence-electron chi connectivity index (χ0n) is 16.2. The number of hydrogen-bond acceptors (Lipinski definition) is 4. The maximum atomic E-state index is 12.5. The average Bonchev–Trinajstić information content (AvgIpc) is 3.58. The highest BCUT2D eigenvalue weighted by Crippen LogP contribution is 2.44. The summed E-state index contributed by atoms with van der Waals surface area (Å²) in [5.41, 5.74) is 2.61. The molecule has 1 saturated heterocycles. The fraction of sp³-hybridized carbons (Fsp3) is 0.333. The summed E-state index contributed by atoms with van der Waals surface area (Å²) in [6.45, 7) is -0.142. The van der Waals surface area contributed by atoms with E-state index in [0.29, 0.717) is 0 Å². The van der Waals surface area contributed by atoms with Crippen LogP contribution in [-0.2, 0) is 4.79 Å². The van der Waals surface area contributed by atoms with Gasteiger partial charge < -0.3 is 14.7 Å². The second-order valence-electron chi connectivity index (χ2n) is 7.44. The fourth-order valence-corrected chi connectivity index (χ4v) is 3.93. The molecule has 4 rings (SSSR count). The maximum Gasteiger partial charge on any atom is 0.227 e. The summed E-state index contributed by atoms with van der Waals surface area (Å²) in [6.07, 6.45) is 1.77. The van der Waals surface area contributed by atoms with Crippen LogP contribution in [0.5, 0.6) is 5.75 Å². The summed E-state index contributed by atoms with van der Waals surface area (Å²) in [6, 6.07) is 16.7. The standard InChI is InChI=1S/C24H22N2O3/c1-29-22-5-3-2-4-17(22)9-6-16-7-10-18(11-8-16)23-20(14-25)26(21(23)15-27)24(28)19-12-13-19/h2-5,7-8,10-11,19-21,23,27H,12-13,15H2,1H3/t20-,21-,23+/m0/s1. The lowest BCUT2D eigenvalue weighted by molar-refractivity contribution is -0.148. The number of nitriles is 1. The van der Waals surface area contributed by atoms with E-state index in [9.17, 15) is 15.2 Å². The second kappa shape index (κ2) is 7.99. The molecule has 1 amide bonds. The van der Waals surface area contributed by atoms with Gasteiger partial charge >= 0.3 is 0 Å². The van der Waals surface area contributed by atoms with Crippen LogP contribution < -0.4 is 4.74 Å². The number of para-hydroxylation sites is 1. The highest BCUT2D eigenvalue weighted by Gasteiger charge is 2.53. The number of carbonyl (C=O) groups is 1. The predicted molar refractivity (Wildman–Crippen MR) is 108 cm³/mol. The molecule has 1 aliphatic carbocycles. The van der Waals surface area contributed by atoms with Gasteiger partial charge in [-0.05, 0) is 42.7 Å². The van der Waals surface area contributed by atoms with Crippen molar-refractivity contribution in [2.24, 2.45) is 5.92 Å². The van der Waals surface area contributed by atoms with Crippen molar-refractivity contribution in [2.75, 3.05) is 13.7 Å². The lowest BCUT2D eigenvalue weighted by atomic mass is 9.75. The molecule has 2 aromatic carbocycles. The van der Waals surface area contributed by atoms with E-state index in [1.807, 2.05) is 48.5 Å². The largest absolute Gasteiger partial charge is 0.495 e. The van der Waals surface area contributed by atoms with Gasteiger partial charge in [0.25, 0.3) is 0 Å². The molecule has 2 aromatic rings. The Labute approximate surface area is 170 Å². The third kappa shape index (κ3) is 3.58. The number of carbonyl (C=O) groups excluding carboxylic acids is 1. The molecule has 2 aliphatic rings. The molecule has 1 saturated carbocycles. The molecule has 29 heavy (non-hydrogen) atoms. The van der Waals surface area contributed by atoms with Crippen LogP contribution in [0.15, 0.2) is 48.5 Å². The topological polar surface area (TPSA) is 73.6 Å². The van der Waals surface area contributed by atoms with Crippen molar-refractivity contribution >= 4 is 5.91 Å². The second-order valence-corrected chi connectivity index (χ2v) is 7.44. The molecular weight excluding hydrogens is 364 g/mol. The number of methoxy groups -OCH3 is 1. The summed E-state index contributed by atoms with van der Waals surface area (Å²) in [5.74, 6) is 6.84. The number of hydrogen-bond donors (Lipinski definition) is 1. The Morgan fingerprint density at radius 2 is 1.90 bits per heavy atom. The molecule has 0 unspecified atom stereocenters. The molecule has 0 bridgehead atoms. The van der Waals surface area contributed by atoms with E-state index in [0.717, 1.165) is 35.3 Å². The minimum Gasteiger partial charge on any atom is -0.495 e. The Hall–Kier alpha value is -3.28. The number of benzene rings is 2. The number of amides is 1. The van der Waals surface area contributed by atoms with Crippen molar-refractivity contribution < 1.29 is 14.6 Å². The first kappa shape index (κ1) is 19.1. The molecule has 1 N–H and O–H groups in total. The molecule has 0 spiro atoms. The Bertz CT molecular complexity index is 1010. The predicted octanol–water partition coefficient (Wildman–Crippen LogP) is 2.68. The Balaban J connectivity index is 1.53. The van der Waals surface area contributed by atoms with Gasteiger partial charge in [-0.1, -0.05) is 36.1 Å². The first-order chi connectivity index (χ1) is 14.2. The molecular formula is C24H22N2O3. The van der Waals surface area contributed by atoms with Crippen LogP contribution in [0.25, 0.3) is 0 Å². The normalized spacial score (nSPS) is 22.7. The third-order valence-electron chi connectivity index (χ3n) is 5.66. The minimum absolute atomic E-state index is 0.00569.